The molecular formula is C14H23N3O2. The van der Waals surface area contributed by atoms with E-state index in [-0.39, 0.29) is 5.91 Å². The number of aromatic nitrogens is 1. The Labute approximate surface area is 113 Å². The van der Waals surface area contributed by atoms with Crippen LogP contribution in [0.1, 0.15) is 51.2 Å². The number of rotatable bonds is 6. The molecule has 1 atom stereocenters. The SMILES string of the molecule is CCC[C@H](N)C(=O)Nc1cc(CC2CCCC2)on1. The average molecular weight is 265 g/mol. The lowest BCUT2D eigenvalue weighted by Gasteiger charge is -2.08. The van der Waals surface area contributed by atoms with Gasteiger partial charge in [-0.15, -0.1) is 0 Å². The molecule has 1 fully saturated rings. The quantitative estimate of drug-likeness (QED) is 0.828. The van der Waals surface area contributed by atoms with Crippen molar-refractivity contribution in [2.45, 2.75) is 57.9 Å². The number of carbonyl (C=O) groups is 1. The highest BCUT2D eigenvalue weighted by Gasteiger charge is 2.19. The van der Waals surface area contributed by atoms with Gasteiger partial charge in [-0.3, -0.25) is 4.79 Å². The van der Waals surface area contributed by atoms with Crippen molar-refractivity contribution in [2.24, 2.45) is 11.7 Å². The Morgan fingerprint density at radius 1 is 1.58 bits per heavy atom. The van der Waals surface area contributed by atoms with Crippen LogP contribution in [0.25, 0.3) is 0 Å². The first-order valence-electron chi connectivity index (χ1n) is 7.21. The summed E-state index contributed by atoms with van der Waals surface area (Å²) in [4.78, 5) is 11.7. The normalized spacial score (nSPS) is 17.6. The van der Waals surface area contributed by atoms with E-state index in [1.54, 1.807) is 0 Å². The van der Waals surface area contributed by atoms with E-state index in [0.29, 0.717) is 18.2 Å². The second kappa shape index (κ2) is 6.70. The molecule has 0 unspecified atom stereocenters. The molecule has 0 aliphatic heterocycles. The van der Waals surface area contributed by atoms with Gasteiger partial charge in [-0.1, -0.05) is 44.2 Å². The van der Waals surface area contributed by atoms with Crippen LogP contribution in [0.5, 0.6) is 0 Å². The molecule has 0 aromatic carbocycles. The van der Waals surface area contributed by atoms with Gasteiger partial charge in [0.1, 0.15) is 5.76 Å². The van der Waals surface area contributed by atoms with Crippen LogP contribution in [0, 0.1) is 5.92 Å². The van der Waals surface area contributed by atoms with Crippen LogP contribution in [0.2, 0.25) is 0 Å². The first kappa shape index (κ1) is 14.1. The number of nitrogens with one attached hydrogen (secondary N) is 1. The first-order valence-corrected chi connectivity index (χ1v) is 7.21. The number of hydrogen-bond donors (Lipinski definition) is 2. The van der Waals surface area contributed by atoms with Gasteiger partial charge < -0.3 is 15.6 Å². The van der Waals surface area contributed by atoms with Gasteiger partial charge in [0.2, 0.25) is 5.91 Å². The lowest BCUT2D eigenvalue weighted by Crippen LogP contribution is -2.35. The van der Waals surface area contributed by atoms with E-state index in [1.807, 2.05) is 13.0 Å². The molecule has 106 valence electrons. The van der Waals surface area contributed by atoms with Gasteiger partial charge in [0.15, 0.2) is 5.82 Å². The van der Waals surface area contributed by atoms with Crippen molar-refractivity contribution in [1.29, 1.82) is 0 Å². The molecule has 0 radical (unpaired) electrons. The van der Waals surface area contributed by atoms with Gasteiger partial charge in [-0.05, 0) is 12.3 Å². The zero-order valence-electron chi connectivity index (χ0n) is 11.5. The predicted molar refractivity (Wildman–Crippen MR) is 73.7 cm³/mol. The summed E-state index contributed by atoms with van der Waals surface area (Å²) in [5, 5.41) is 6.58. The summed E-state index contributed by atoms with van der Waals surface area (Å²) in [6.07, 6.45) is 7.65. The minimum absolute atomic E-state index is 0.192. The summed E-state index contributed by atoms with van der Waals surface area (Å²) in [7, 11) is 0. The van der Waals surface area contributed by atoms with Crippen molar-refractivity contribution in [3.05, 3.63) is 11.8 Å². The van der Waals surface area contributed by atoms with E-state index in [0.717, 1.165) is 18.6 Å². The third-order valence-electron chi connectivity index (χ3n) is 3.71. The molecule has 1 saturated carbocycles. The molecule has 19 heavy (non-hydrogen) atoms. The maximum absolute atomic E-state index is 11.7. The van der Waals surface area contributed by atoms with Crippen LogP contribution in [0.3, 0.4) is 0 Å². The fourth-order valence-corrected chi connectivity index (χ4v) is 2.63. The van der Waals surface area contributed by atoms with E-state index in [1.165, 1.54) is 25.7 Å². The molecule has 1 aromatic rings. The summed E-state index contributed by atoms with van der Waals surface area (Å²) in [6, 6.07) is 1.34. The molecule has 1 aliphatic rings. The zero-order chi connectivity index (χ0) is 13.7. The fraction of sp³-hybridized carbons (Fsp3) is 0.714. The van der Waals surface area contributed by atoms with Gasteiger partial charge in [-0.25, -0.2) is 0 Å². The van der Waals surface area contributed by atoms with Gasteiger partial charge >= 0.3 is 0 Å². The molecule has 1 amide bonds. The fourth-order valence-electron chi connectivity index (χ4n) is 2.63. The summed E-state index contributed by atoms with van der Waals surface area (Å²) < 4.78 is 5.26. The number of nitrogens with two attached hydrogens (primary N) is 1. The molecule has 0 saturated heterocycles. The van der Waals surface area contributed by atoms with E-state index in [9.17, 15) is 4.79 Å². The van der Waals surface area contributed by atoms with Gasteiger partial charge in [-0.2, -0.15) is 0 Å². The number of amides is 1. The number of nitrogens with zero attached hydrogens (tertiary/aromatic N) is 1. The van der Waals surface area contributed by atoms with E-state index in [2.05, 4.69) is 10.5 Å². The van der Waals surface area contributed by atoms with Crippen molar-refractivity contribution in [3.63, 3.8) is 0 Å². The van der Waals surface area contributed by atoms with Gasteiger partial charge in [0.25, 0.3) is 0 Å². The summed E-state index contributed by atoms with van der Waals surface area (Å²) in [5.74, 6) is 1.84. The van der Waals surface area contributed by atoms with Crippen molar-refractivity contribution in [3.8, 4) is 0 Å². The minimum Gasteiger partial charge on any atom is -0.359 e. The lowest BCUT2D eigenvalue weighted by atomic mass is 10.0. The molecule has 5 nitrogen and oxygen atoms in total. The Hall–Kier alpha value is -1.36. The molecule has 0 spiro atoms. The number of anilines is 1. The molecule has 3 N–H and O–H groups in total. The maximum atomic E-state index is 11.7. The van der Waals surface area contributed by atoms with Crippen molar-refractivity contribution in [1.82, 2.24) is 5.16 Å². The van der Waals surface area contributed by atoms with Gasteiger partial charge in [0.05, 0.1) is 6.04 Å². The van der Waals surface area contributed by atoms with Crippen LogP contribution in [-0.4, -0.2) is 17.1 Å². The number of hydrogen-bond acceptors (Lipinski definition) is 4. The van der Waals surface area contributed by atoms with Crippen LogP contribution in [-0.2, 0) is 11.2 Å². The molecular weight excluding hydrogens is 242 g/mol. The van der Waals surface area contributed by atoms with E-state index < -0.39 is 6.04 Å². The second-order valence-corrected chi connectivity index (χ2v) is 5.42. The van der Waals surface area contributed by atoms with Gasteiger partial charge in [0, 0.05) is 12.5 Å². The third kappa shape index (κ3) is 4.06. The molecule has 1 heterocycles. The lowest BCUT2D eigenvalue weighted by molar-refractivity contribution is -0.117. The Morgan fingerprint density at radius 2 is 2.32 bits per heavy atom. The molecule has 0 bridgehead atoms. The smallest absolute Gasteiger partial charge is 0.242 e. The molecule has 1 aliphatic carbocycles. The molecule has 2 rings (SSSR count). The summed E-state index contributed by atoms with van der Waals surface area (Å²) in [5.41, 5.74) is 5.74. The standard InChI is InChI=1S/C14H23N3O2/c1-2-5-12(15)14(18)16-13-9-11(19-17-13)8-10-6-3-4-7-10/h9-10,12H,2-8,15H2,1H3,(H,16,17,18)/t12-/m0/s1. The summed E-state index contributed by atoms with van der Waals surface area (Å²) in [6.45, 7) is 2.00. The largest absolute Gasteiger partial charge is 0.359 e. The van der Waals surface area contributed by atoms with Crippen molar-refractivity contribution < 1.29 is 9.32 Å². The highest BCUT2D eigenvalue weighted by Crippen LogP contribution is 2.28. The third-order valence-corrected chi connectivity index (χ3v) is 3.71. The van der Waals surface area contributed by atoms with Crippen LogP contribution >= 0.6 is 0 Å². The first-order chi connectivity index (χ1) is 9.19. The Kier molecular flexibility index (Phi) is 4.96. The van der Waals surface area contributed by atoms with Crippen molar-refractivity contribution >= 4 is 11.7 Å². The van der Waals surface area contributed by atoms with Crippen LogP contribution in [0.15, 0.2) is 10.6 Å². The zero-order valence-corrected chi connectivity index (χ0v) is 11.5. The highest BCUT2D eigenvalue weighted by molar-refractivity contribution is 5.93. The Morgan fingerprint density at radius 3 is 3.00 bits per heavy atom. The predicted octanol–water partition coefficient (Wildman–Crippen LogP) is 2.47. The Balaban J connectivity index is 1.84. The highest BCUT2D eigenvalue weighted by atomic mass is 16.5. The van der Waals surface area contributed by atoms with Crippen LogP contribution < -0.4 is 11.1 Å². The second-order valence-electron chi connectivity index (χ2n) is 5.42. The summed E-state index contributed by atoms with van der Waals surface area (Å²) >= 11 is 0. The van der Waals surface area contributed by atoms with E-state index >= 15 is 0 Å². The molecule has 5 heteroatoms. The van der Waals surface area contributed by atoms with Crippen molar-refractivity contribution in [2.75, 3.05) is 5.32 Å². The van der Waals surface area contributed by atoms with Crippen LogP contribution in [0.4, 0.5) is 5.82 Å². The number of carbonyl (C=O) groups excluding carboxylic acids is 1. The average Bonchev–Trinajstić information content (AvgIpc) is 3.02. The Bertz CT molecular complexity index is 411. The topological polar surface area (TPSA) is 81.2 Å². The molecule has 1 aromatic heterocycles. The minimum atomic E-state index is -0.472. The van der Waals surface area contributed by atoms with E-state index in [4.69, 9.17) is 10.3 Å². The monoisotopic (exact) mass is 265 g/mol. The maximum Gasteiger partial charge on any atom is 0.242 e.